The van der Waals surface area contributed by atoms with Crippen LogP contribution in [0.3, 0.4) is 0 Å². The molecule has 1 aromatic heterocycles. The van der Waals surface area contributed by atoms with E-state index in [-0.39, 0.29) is 11.3 Å². The highest BCUT2D eigenvalue weighted by Crippen LogP contribution is 2.24. The second-order valence-corrected chi connectivity index (χ2v) is 9.56. The van der Waals surface area contributed by atoms with Crippen LogP contribution in [0.1, 0.15) is 51.4 Å². The van der Waals surface area contributed by atoms with E-state index in [1.165, 1.54) is 21.9 Å². The van der Waals surface area contributed by atoms with Crippen molar-refractivity contribution in [2.45, 2.75) is 53.0 Å². The molecule has 1 N–H and O–H groups in total. The summed E-state index contributed by atoms with van der Waals surface area (Å²) in [6.45, 7) is 7.40. The zero-order valence-electron chi connectivity index (χ0n) is 19.4. The summed E-state index contributed by atoms with van der Waals surface area (Å²) in [6.07, 6.45) is 4.06. The molecule has 1 heterocycles. The fraction of sp³-hybridized carbons (Fsp3) is 0.357. The molecule has 0 aliphatic carbocycles. The second kappa shape index (κ2) is 9.56. The normalized spacial score (nSPS) is 11.8. The molecule has 0 atom stereocenters. The van der Waals surface area contributed by atoms with Crippen molar-refractivity contribution in [3.63, 3.8) is 0 Å². The predicted octanol–water partition coefficient (Wildman–Crippen LogP) is 6.11. The number of aryl methyl sites for hydroxylation is 1. The smallest absolute Gasteiger partial charge is 0.225 e. The first-order valence-corrected chi connectivity index (χ1v) is 11.6. The minimum atomic E-state index is -0.327. The molecule has 0 aliphatic rings. The molecular formula is C28H33N3O. The van der Waals surface area contributed by atoms with Crippen LogP contribution in [0.2, 0.25) is 0 Å². The molecular weight excluding hydrogens is 394 g/mol. The summed E-state index contributed by atoms with van der Waals surface area (Å²) in [5.41, 5.74) is 3.23. The quantitative estimate of drug-likeness (QED) is 0.345. The van der Waals surface area contributed by atoms with Crippen LogP contribution in [0.4, 0.5) is 0 Å². The van der Waals surface area contributed by atoms with Gasteiger partial charge in [0.25, 0.3) is 0 Å². The molecule has 0 unspecified atom stereocenters. The molecule has 0 bridgehead atoms. The molecule has 0 fully saturated rings. The standard InChI is InChI=1S/C28H33N3O/c1-28(2,3)27(32)29-19-10-4-5-18-26-30-24-16-8-9-17-25(24)31(26)20-22-14-11-13-21-12-6-7-15-23(21)22/h6-9,11-17H,4-5,10,18-20H2,1-3H3,(H,29,32). The van der Waals surface area contributed by atoms with Gasteiger partial charge in [-0.3, -0.25) is 4.79 Å². The fourth-order valence-corrected chi connectivity index (χ4v) is 4.15. The van der Waals surface area contributed by atoms with Crippen LogP contribution < -0.4 is 5.32 Å². The van der Waals surface area contributed by atoms with Gasteiger partial charge >= 0.3 is 0 Å². The Balaban J connectivity index is 1.46. The minimum absolute atomic E-state index is 0.120. The number of hydrogen-bond acceptors (Lipinski definition) is 2. The number of nitrogens with zero attached hydrogens (tertiary/aromatic N) is 2. The Bertz CT molecular complexity index is 1210. The van der Waals surface area contributed by atoms with Gasteiger partial charge in [-0.05, 0) is 41.3 Å². The second-order valence-electron chi connectivity index (χ2n) is 9.56. The van der Waals surface area contributed by atoms with Crippen molar-refractivity contribution in [1.29, 1.82) is 0 Å². The molecule has 32 heavy (non-hydrogen) atoms. The van der Waals surface area contributed by atoms with Crippen LogP contribution in [-0.2, 0) is 17.8 Å². The zero-order chi connectivity index (χ0) is 22.6. The minimum Gasteiger partial charge on any atom is -0.356 e. The van der Waals surface area contributed by atoms with E-state index in [9.17, 15) is 4.79 Å². The Morgan fingerprint density at radius 3 is 2.50 bits per heavy atom. The summed E-state index contributed by atoms with van der Waals surface area (Å²) in [6, 6.07) is 23.5. The monoisotopic (exact) mass is 427 g/mol. The zero-order valence-corrected chi connectivity index (χ0v) is 19.4. The molecule has 0 spiro atoms. The number of amides is 1. The van der Waals surface area contributed by atoms with Crippen LogP contribution in [0.5, 0.6) is 0 Å². The van der Waals surface area contributed by atoms with Gasteiger partial charge in [0, 0.05) is 24.9 Å². The number of para-hydroxylation sites is 2. The fourth-order valence-electron chi connectivity index (χ4n) is 4.15. The van der Waals surface area contributed by atoms with Crippen molar-refractivity contribution in [2.75, 3.05) is 6.54 Å². The van der Waals surface area contributed by atoms with E-state index in [4.69, 9.17) is 4.98 Å². The lowest BCUT2D eigenvalue weighted by molar-refractivity contribution is -0.128. The molecule has 4 heteroatoms. The van der Waals surface area contributed by atoms with E-state index in [1.807, 2.05) is 20.8 Å². The summed E-state index contributed by atoms with van der Waals surface area (Å²) in [5.74, 6) is 1.26. The number of fused-ring (bicyclic) bond motifs is 2. The van der Waals surface area contributed by atoms with Gasteiger partial charge in [0.15, 0.2) is 0 Å². The molecule has 0 radical (unpaired) electrons. The molecule has 4 aromatic rings. The highest BCUT2D eigenvalue weighted by molar-refractivity contribution is 5.86. The maximum absolute atomic E-state index is 12.0. The van der Waals surface area contributed by atoms with Crippen molar-refractivity contribution in [2.24, 2.45) is 5.41 Å². The van der Waals surface area contributed by atoms with Gasteiger partial charge in [-0.2, -0.15) is 0 Å². The third-order valence-corrected chi connectivity index (χ3v) is 5.99. The Labute approximate surface area is 190 Å². The van der Waals surface area contributed by atoms with Gasteiger partial charge < -0.3 is 9.88 Å². The lowest BCUT2D eigenvalue weighted by Crippen LogP contribution is -2.35. The molecule has 0 saturated heterocycles. The molecule has 0 saturated carbocycles. The number of rotatable bonds is 8. The molecule has 0 aliphatic heterocycles. The average molecular weight is 428 g/mol. The van der Waals surface area contributed by atoms with Gasteiger partial charge in [-0.1, -0.05) is 81.8 Å². The topological polar surface area (TPSA) is 46.9 Å². The number of benzene rings is 3. The number of unbranched alkanes of at least 4 members (excludes halogenated alkanes) is 2. The number of aromatic nitrogens is 2. The predicted molar refractivity (Wildman–Crippen MR) is 133 cm³/mol. The van der Waals surface area contributed by atoms with Crippen LogP contribution in [0, 0.1) is 5.41 Å². The Kier molecular flexibility index (Phi) is 6.59. The van der Waals surface area contributed by atoms with Gasteiger partial charge in [-0.25, -0.2) is 4.98 Å². The van der Waals surface area contributed by atoms with E-state index < -0.39 is 0 Å². The summed E-state index contributed by atoms with van der Waals surface area (Å²) in [5, 5.41) is 5.61. The highest BCUT2D eigenvalue weighted by atomic mass is 16.2. The number of carbonyl (C=O) groups is 1. The summed E-state index contributed by atoms with van der Waals surface area (Å²) >= 11 is 0. The third-order valence-electron chi connectivity index (χ3n) is 5.99. The average Bonchev–Trinajstić information content (AvgIpc) is 3.13. The van der Waals surface area contributed by atoms with Gasteiger partial charge in [-0.15, -0.1) is 0 Å². The van der Waals surface area contributed by atoms with E-state index >= 15 is 0 Å². The van der Waals surface area contributed by atoms with Crippen LogP contribution in [-0.4, -0.2) is 22.0 Å². The molecule has 3 aromatic carbocycles. The molecule has 4 rings (SSSR count). The Morgan fingerprint density at radius 2 is 1.66 bits per heavy atom. The first-order chi connectivity index (χ1) is 15.4. The lowest BCUT2D eigenvalue weighted by Gasteiger charge is -2.17. The van der Waals surface area contributed by atoms with Gasteiger partial charge in [0.1, 0.15) is 5.82 Å². The number of hydrogen-bond donors (Lipinski definition) is 1. The maximum atomic E-state index is 12.0. The van der Waals surface area contributed by atoms with Gasteiger partial charge in [0.2, 0.25) is 5.91 Å². The van der Waals surface area contributed by atoms with E-state index in [0.717, 1.165) is 50.1 Å². The van der Waals surface area contributed by atoms with Gasteiger partial charge in [0.05, 0.1) is 11.0 Å². The number of nitrogens with one attached hydrogen (secondary N) is 1. The SMILES string of the molecule is CC(C)(C)C(=O)NCCCCCc1nc2ccccc2n1Cc1cccc2ccccc12. The van der Waals surface area contributed by atoms with Crippen molar-refractivity contribution in [3.05, 3.63) is 78.1 Å². The van der Waals surface area contributed by atoms with E-state index in [1.54, 1.807) is 0 Å². The lowest BCUT2D eigenvalue weighted by atomic mass is 9.96. The van der Waals surface area contributed by atoms with Crippen LogP contribution in [0.25, 0.3) is 21.8 Å². The Hall–Kier alpha value is -3.14. The summed E-state index contributed by atoms with van der Waals surface area (Å²) in [7, 11) is 0. The first-order valence-electron chi connectivity index (χ1n) is 11.6. The number of carbonyl (C=O) groups excluding carboxylic acids is 1. The Morgan fingerprint density at radius 1 is 0.906 bits per heavy atom. The van der Waals surface area contributed by atoms with Crippen LogP contribution >= 0.6 is 0 Å². The van der Waals surface area contributed by atoms with Crippen molar-refractivity contribution in [1.82, 2.24) is 14.9 Å². The molecule has 4 nitrogen and oxygen atoms in total. The molecule has 166 valence electrons. The summed E-state index contributed by atoms with van der Waals surface area (Å²) < 4.78 is 2.37. The van der Waals surface area contributed by atoms with Crippen LogP contribution in [0.15, 0.2) is 66.7 Å². The maximum Gasteiger partial charge on any atom is 0.225 e. The highest BCUT2D eigenvalue weighted by Gasteiger charge is 2.20. The van der Waals surface area contributed by atoms with E-state index in [2.05, 4.69) is 76.6 Å². The summed E-state index contributed by atoms with van der Waals surface area (Å²) in [4.78, 5) is 17.0. The van der Waals surface area contributed by atoms with Crippen molar-refractivity contribution >= 4 is 27.7 Å². The van der Waals surface area contributed by atoms with Crippen molar-refractivity contribution in [3.8, 4) is 0 Å². The van der Waals surface area contributed by atoms with Crippen molar-refractivity contribution < 1.29 is 4.79 Å². The molecule has 1 amide bonds. The van der Waals surface area contributed by atoms with E-state index in [0.29, 0.717) is 0 Å². The third kappa shape index (κ3) is 5.01. The number of imidazole rings is 1. The largest absolute Gasteiger partial charge is 0.356 e. The first kappa shape index (κ1) is 22.1.